The molecule has 0 aromatic rings. The minimum Gasteiger partial charge on any atom is -0.394 e. The molecular formula is C16H32N2O. The molecule has 1 aliphatic carbocycles. The van der Waals surface area contributed by atoms with Gasteiger partial charge < -0.3 is 10.4 Å². The van der Waals surface area contributed by atoms with E-state index >= 15 is 0 Å². The molecule has 0 aromatic heterocycles. The van der Waals surface area contributed by atoms with Crippen molar-refractivity contribution < 1.29 is 5.11 Å². The maximum atomic E-state index is 9.80. The quantitative estimate of drug-likeness (QED) is 0.804. The normalized spacial score (nSPS) is 37.4. The molecule has 3 atom stereocenters. The lowest BCUT2D eigenvalue weighted by atomic mass is 9.97. The molecule has 3 heteroatoms. The Bertz CT molecular complexity index is 271. The number of rotatable bonds is 5. The second kappa shape index (κ2) is 7.05. The van der Waals surface area contributed by atoms with Crippen LogP contribution < -0.4 is 5.32 Å². The van der Waals surface area contributed by atoms with Gasteiger partial charge in [-0.05, 0) is 58.5 Å². The van der Waals surface area contributed by atoms with E-state index in [-0.39, 0.29) is 5.54 Å². The highest BCUT2D eigenvalue weighted by atomic mass is 16.3. The van der Waals surface area contributed by atoms with Gasteiger partial charge in [0.05, 0.1) is 6.61 Å². The van der Waals surface area contributed by atoms with Crippen LogP contribution in [0.2, 0.25) is 0 Å². The first kappa shape index (κ1) is 15.3. The summed E-state index contributed by atoms with van der Waals surface area (Å²) in [6.45, 7) is 7.18. The Kier molecular flexibility index (Phi) is 5.67. The largest absolute Gasteiger partial charge is 0.394 e. The van der Waals surface area contributed by atoms with Crippen molar-refractivity contribution in [1.29, 1.82) is 0 Å². The molecular weight excluding hydrogens is 236 g/mol. The van der Waals surface area contributed by atoms with Gasteiger partial charge in [-0.25, -0.2) is 0 Å². The monoisotopic (exact) mass is 268 g/mol. The van der Waals surface area contributed by atoms with Crippen LogP contribution in [-0.4, -0.2) is 47.3 Å². The lowest BCUT2D eigenvalue weighted by molar-refractivity contribution is 0.121. The molecule has 1 heterocycles. The molecule has 2 fully saturated rings. The lowest BCUT2D eigenvalue weighted by Crippen LogP contribution is -2.49. The highest BCUT2D eigenvalue weighted by Gasteiger charge is 2.41. The zero-order valence-corrected chi connectivity index (χ0v) is 12.8. The minimum absolute atomic E-state index is 0.00665. The Labute approximate surface area is 118 Å². The number of hydrogen-bond donors (Lipinski definition) is 2. The molecule has 1 aliphatic heterocycles. The first-order chi connectivity index (χ1) is 9.21. The van der Waals surface area contributed by atoms with Gasteiger partial charge in [0.2, 0.25) is 0 Å². The van der Waals surface area contributed by atoms with Crippen molar-refractivity contribution in [2.45, 2.75) is 82.8 Å². The summed E-state index contributed by atoms with van der Waals surface area (Å²) in [5, 5.41) is 13.4. The lowest BCUT2D eigenvalue weighted by Gasteiger charge is -2.35. The number of nitrogens with zero attached hydrogens (tertiary/aromatic N) is 1. The Morgan fingerprint density at radius 3 is 2.84 bits per heavy atom. The van der Waals surface area contributed by atoms with Gasteiger partial charge in [0.15, 0.2) is 0 Å². The summed E-state index contributed by atoms with van der Waals surface area (Å²) < 4.78 is 0. The second-order valence-corrected chi connectivity index (χ2v) is 6.70. The predicted octanol–water partition coefficient (Wildman–Crippen LogP) is 2.53. The first-order valence-corrected chi connectivity index (χ1v) is 8.32. The van der Waals surface area contributed by atoms with E-state index in [1.54, 1.807) is 0 Å². The molecule has 0 aromatic carbocycles. The van der Waals surface area contributed by atoms with E-state index in [1.807, 2.05) is 0 Å². The van der Waals surface area contributed by atoms with Crippen LogP contribution in [-0.2, 0) is 0 Å². The van der Waals surface area contributed by atoms with Crippen molar-refractivity contribution in [3.63, 3.8) is 0 Å². The van der Waals surface area contributed by atoms with Crippen molar-refractivity contribution in [3.8, 4) is 0 Å². The number of likely N-dealkylation sites (tertiary alicyclic amines) is 1. The molecule has 0 spiro atoms. The standard InChI is InChI=1S/C16H32N2O/c1-3-10-17-16(13-19)9-8-15(12-16)18-11-6-4-5-7-14(18)2/h14-15,17,19H,3-13H2,1-2H3. The van der Waals surface area contributed by atoms with Crippen molar-refractivity contribution in [2.24, 2.45) is 0 Å². The topological polar surface area (TPSA) is 35.5 Å². The van der Waals surface area contributed by atoms with Crippen LogP contribution in [0, 0.1) is 0 Å². The fraction of sp³-hybridized carbons (Fsp3) is 1.00. The minimum atomic E-state index is 0.00665. The van der Waals surface area contributed by atoms with Crippen LogP contribution in [0.1, 0.15) is 65.2 Å². The highest BCUT2D eigenvalue weighted by molar-refractivity contribution is 5.00. The van der Waals surface area contributed by atoms with E-state index in [4.69, 9.17) is 0 Å². The Morgan fingerprint density at radius 1 is 1.26 bits per heavy atom. The molecule has 2 rings (SSSR count). The van der Waals surface area contributed by atoms with E-state index in [9.17, 15) is 5.11 Å². The van der Waals surface area contributed by atoms with Crippen LogP contribution in [0.4, 0.5) is 0 Å². The van der Waals surface area contributed by atoms with E-state index in [0.29, 0.717) is 12.6 Å². The summed E-state index contributed by atoms with van der Waals surface area (Å²) in [6.07, 6.45) is 10.2. The third-order valence-corrected chi connectivity index (χ3v) is 5.21. The van der Waals surface area contributed by atoms with Gasteiger partial charge in [-0.3, -0.25) is 4.90 Å². The molecule has 0 radical (unpaired) electrons. The Hall–Kier alpha value is -0.120. The van der Waals surface area contributed by atoms with E-state index in [2.05, 4.69) is 24.1 Å². The van der Waals surface area contributed by atoms with Gasteiger partial charge in [0.25, 0.3) is 0 Å². The molecule has 1 saturated heterocycles. The number of aliphatic hydroxyl groups is 1. The van der Waals surface area contributed by atoms with Crippen LogP contribution >= 0.6 is 0 Å². The van der Waals surface area contributed by atoms with Gasteiger partial charge in [-0.15, -0.1) is 0 Å². The van der Waals surface area contributed by atoms with Crippen molar-refractivity contribution in [2.75, 3.05) is 19.7 Å². The zero-order chi connectivity index (χ0) is 13.7. The average Bonchev–Trinajstić information content (AvgIpc) is 2.73. The summed E-state index contributed by atoms with van der Waals surface area (Å²) in [5.41, 5.74) is 0.00665. The van der Waals surface area contributed by atoms with Crippen LogP contribution in [0.5, 0.6) is 0 Å². The third kappa shape index (κ3) is 3.71. The van der Waals surface area contributed by atoms with E-state index < -0.39 is 0 Å². The molecule has 2 aliphatic rings. The summed E-state index contributed by atoms with van der Waals surface area (Å²) in [6, 6.07) is 1.41. The summed E-state index contributed by atoms with van der Waals surface area (Å²) in [7, 11) is 0. The van der Waals surface area contributed by atoms with Gasteiger partial charge in [0.1, 0.15) is 0 Å². The maximum Gasteiger partial charge on any atom is 0.0613 e. The van der Waals surface area contributed by atoms with E-state index in [0.717, 1.165) is 31.8 Å². The molecule has 3 unspecified atom stereocenters. The van der Waals surface area contributed by atoms with E-state index in [1.165, 1.54) is 38.6 Å². The molecule has 112 valence electrons. The van der Waals surface area contributed by atoms with Crippen molar-refractivity contribution in [1.82, 2.24) is 10.2 Å². The molecule has 0 bridgehead atoms. The molecule has 0 amide bonds. The van der Waals surface area contributed by atoms with Crippen molar-refractivity contribution >= 4 is 0 Å². The fourth-order valence-corrected chi connectivity index (χ4v) is 3.97. The summed E-state index contributed by atoms with van der Waals surface area (Å²) >= 11 is 0. The van der Waals surface area contributed by atoms with Gasteiger partial charge in [0, 0.05) is 17.6 Å². The number of nitrogens with one attached hydrogen (secondary N) is 1. The fourth-order valence-electron chi connectivity index (χ4n) is 3.97. The van der Waals surface area contributed by atoms with Gasteiger partial charge in [-0.1, -0.05) is 19.8 Å². The number of hydrogen-bond acceptors (Lipinski definition) is 3. The predicted molar refractivity (Wildman–Crippen MR) is 80.4 cm³/mol. The summed E-state index contributed by atoms with van der Waals surface area (Å²) in [5.74, 6) is 0. The van der Waals surface area contributed by atoms with Gasteiger partial charge >= 0.3 is 0 Å². The molecule has 1 saturated carbocycles. The van der Waals surface area contributed by atoms with Crippen LogP contribution in [0.25, 0.3) is 0 Å². The Morgan fingerprint density at radius 2 is 2.11 bits per heavy atom. The Balaban J connectivity index is 1.95. The second-order valence-electron chi connectivity index (χ2n) is 6.70. The smallest absolute Gasteiger partial charge is 0.0613 e. The number of aliphatic hydroxyl groups excluding tert-OH is 1. The maximum absolute atomic E-state index is 9.80. The molecule has 2 N–H and O–H groups in total. The van der Waals surface area contributed by atoms with Crippen molar-refractivity contribution in [3.05, 3.63) is 0 Å². The van der Waals surface area contributed by atoms with Gasteiger partial charge in [-0.2, -0.15) is 0 Å². The van der Waals surface area contributed by atoms with Crippen LogP contribution in [0.3, 0.4) is 0 Å². The third-order valence-electron chi connectivity index (χ3n) is 5.21. The average molecular weight is 268 g/mol. The SMILES string of the molecule is CCCNC1(CO)CCC(N2CCCCCC2C)C1. The zero-order valence-electron chi connectivity index (χ0n) is 12.8. The first-order valence-electron chi connectivity index (χ1n) is 8.32. The molecule has 3 nitrogen and oxygen atoms in total. The summed E-state index contributed by atoms with van der Waals surface area (Å²) in [4.78, 5) is 2.73. The molecule has 19 heavy (non-hydrogen) atoms. The highest BCUT2D eigenvalue weighted by Crippen LogP contribution is 2.35. The van der Waals surface area contributed by atoms with Crippen LogP contribution in [0.15, 0.2) is 0 Å².